The van der Waals surface area contributed by atoms with Crippen molar-refractivity contribution in [3.63, 3.8) is 0 Å². The highest BCUT2D eigenvalue weighted by Crippen LogP contribution is 2.45. The summed E-state index contributed by atoms with van der Waals surface area (Å²) in [6.07, 6.45) is 48.7. The molecule has 0 amide bonds. The van der Waals surface area contributed by atoms with Crippen LogP contribution < -0.4 is 0 Å². The van der Waals surface area contributed by atoms with Crippen LogP contribution in [0.15, 0.2) is 0 Å². The van der Waals surface area contributed by atoms with Gasteiger partial charge in [0.25, 0.3) is 0 Å². The van der Waals surface area contributed by atoms with E-state index in [1.807, 2.05) is 0 Å². The van der Waals surface area contributed by atoms with E-state index in [0.29, 0.717) is 31.6 Å². The number of ether oxygens (including phenoxy) is 4. The van der Waals surface area contributed by atoms with Gasteiger partial charge in [-0.25, -0.2) is 9.13 Å². The molecule has 0 heterocycles. The highest BCUT2D eigenvalue weighted by molar-refractivity contribution is 7.47. The van der Waals surface area contributed by atoms with Crippen LogP contribution in [0.1, 0.15) is 376 Å². The second-order valence-electron chi connectivity index (χ2n) is 28.7. The molecule has 0 aromatic carbocycles. The first kappa shape index (κ1) is 92.1. The van der Waals surface area contributed by atoms with E-state index < -0.39 is 97.5 Å². The van der Waals surface area contributed by atoms with Crippen LogP contribution >= 0.6 is 15.6 Å². The van der Waals surface area contributed by atoms with Gasteiger partial charge in [0.1, 0.15) is 19.3 Å². The average Bonchev–Trinajstić information content (AvgIpc) is 1.67. The van der Waals surface area contributed by atoms with Gasteiger partial charge in [-0.2, -0.15) is 0 Å². The number of phosphoric ester groups is 2. The number of rotatable bonds is 72. The fraction of sp³-hybridized carbons (Fsp3) is 0.947. The minimum Gasteiger partial charge on any atom is -0.462 e. The summed E-state index contributed by atoms with van der Waals surface area (Å²) in [4.78, 5) is 72.7. The van der Waals surface area contributed by atoms with Crippen molar-refractivity contribution in [2.75, 3.05) is 39.6 Å². The maximum atomic E-state index is 13.1. The molecular formula is C75H146O17P2. The van der Waals surface area contributed by atoms with Gasteiger partial charge in [0.2, 0.25) is 0 Å². The molecule has 0 aliphatic carbocycles. The number of esters is 4. The summed E-state index contributed by atoms with van der Waals surface area (Å²) in [6.45, 7) is 14.2. The van der Waals surface area contributed by atoms with Gasteiger partial charge in [-0.15, -0.1) is 0 Å². The van der Waals surface area contributed by atoms with Crippen molar-refractivity contribution in [3.8, 4) is 0 Å². The first-order valence-corrected chi connectivity index (χ1v) is 41.7. The zero-order valence-electron chi connectivity index (χ0n) is 61.6. The lowest BCUT2D eigenvalue weighted by Crippen LogP contribution is -2.30. The molecule has 94 heavy (non-hydrogen) atoms. The van der Waals surface area contributed by atoms with E-state index in [9.17, 15) is 43.2 Å². The molecule has 0 aliphatic heterocycles. The molecule has 0 radical (unpaired) electrons. The van der Waals surface area contributed by atoms with Gasteiger partial charge in [-0.3, -0.25) is 37.3 Å². The van der Waals surface area contributed by atoms with Gasteiger partial charge in [-0.1, -0.05) is 325 Å². The zero-order valence-corrected chi connectivity index (χ0v) is 63.4. The quantitative estimate of drug-likeness (QED) is 0.0222. The Morgan fingerprint density at radius 2 is 0.511 bits per heavy atom. The van der Waals surface area contributed by atoms with E-state index in [1.165, 1.54) is 173 Å². The van der Waals surface area contributed by atoms with Crippen LogP contribution in [0, 0.1) is 23.7 Å². The van der Waals surface area contributed by atoms with Crippen molar-refractivity contribution in [1.29, 1.82) is 0 Å². The molecule has 6 atom stereocenters. The van der Waals surface area contributed by atoms with Crippen LogP contribution in [0.2, 0.25) is 0 Å². The first-order chi connectivity index (χ1) is 45.1. The van der Waals surface area contributed by atoms with E-state index in [0.717, 1.165) is 114 Å². The molecule has 0 rings (SSSR count). The van der Waals surface area contributed by atoms with E-state index in [-0.39, 0.29) is 25.7 Å². The number of carbonyl (C=O) groups is 4. The molecule has 19 heteroatoms. The molecule has 558 valence electrons. The SMILES string of the molecule is CCC(C)CCCCCCCCCCCCCCCCC(=O)OC[C@H](COP(=O)(O)OC[C@@H](O)COP(=O)(O)OC[C@@H](COC(=O)CCCCCCCCC(C)C)OC(=O)CCCCCCCCCCCCCCC(C)C)OC(=O)CCCCCCCCCCCC(C)C. The van der Waals surface area contributed by atoms with E-state index >= 15 is 0 Å². The van der Waals surface area contributed by atoms with Crippen LogP contribution in [0.5, 0.6) is 0 Å². The lowest BCUT2D eigenvalue weighted by Gasteiger charge is -2.21. The Labute approximate surface area is 575 Å². The lowest BCUT2D eigenvalue weighted by atomic mass is 9.99. The fourth-order valence-corrected chi connectivity index (χ4v) is 12.9. The number of unbranched alkanes of at least 4 members (excludes halogenated alkanes) is 37. The molecule has 3 unspecified atom stereocenters. The van der Waals surface area contributed by atoms with Gasteiger partial charge < -0.3 is 33.8 Å². The Bertz CT molecular complexity index is 1850. The monoisotopic (exact) mass is 1380 g/mol. The molecule has 0 aromatic heterocycles. The van der Waals surface area contributed by atoms with Gasteiger partial charge in [0, 0.05) is 25.7 Å². The summed E-state index contributed by atoms with van der Waals surface area (Å²) >= 11 is 0. The largest absolute Gasteiger partial charge is 0.472 e. The molecule has 0 fully saturated rings. The summed E-state index contributed by atoms with van der Waals surface area (Å²) in [5.41, 5.74) is 0. The summed E-state index contributed by atoms with van der Waals surface area (Å²) in [6, 6.07) is 0. The van der Waals surface area contributed by atoms with E-state index in [2.05, 4.69) is 55.4 Å². The molecular weight excluding hydrogens is 1230 g/mol. The molecule has 0 saturated carbocycles. The van der Waals surface area contributed by atoms with Crippen LogP contribution in [-0.4, -0.2) is 96.7 Å². The molecule has 0 aromatic rings. The molecule has 0 bridgehead atoms. The minimum atomic E-state index is -4.96. The minimum absolute atomic E-state index is 0.105. The highest BCUT2D eigenvalue weighted by atomic mass is 31.2. The van der Waals surface area contributed by atoms with Crippen molar-refractivity contribution in [2.45, 2.75) is 395 Å². The second kappa shape index (κ2) is 64.4. The molecule has 3 N–H and O–H groups in total. The Morgan fingerprint density at radius 3 is 0.755 bits per heavy atom. The van der Waals surface area contributed by atoms with Gasteiger partial charge in [0.15, 0.2) is 12.2 Å². The summed E-state index contributed by atoms with van der Waals surface area (Å²) in [5.74, 6) is 0.918. The third-order valence-electron chi connectivity index (χ3n) is 17.7. The number of aliphatic hydroxyl groups is 1. The Kier molecular flexibility index (Phi) is 63.1. The van der Waals surface area contributed by atoms with E-state index in [1.54, 1.807) is 0 Å². The third-order valence-corrected chi connectivity index (χ3v) is 19.6. The predicted molar refractivity (Wildman–Crippen MR) is 381 cm³/mol. The predicted octanol–water partition coefficient (Wildman–Crippen LogP) is 21.7. The maximum Gasteiger partial charge on any atom is 0.472 e. The summed E-state index contributed by atoms with van der Waals surface area (Å²) in [7, 11) is -9.91. The first-order valence-electron chi connectivity index (χ1n) is 38.7. The normalized spacial score (nSPS) is 14.4. The number of aliphatic hydroxyl groups excluding tert-OH is 1. The number of hydrogen-bond donors (Lipinski definition) is 3. The molecule has 0 saturated heterocycles. The number of carbonyl (C=O) groups excluding carboxylic acids is 4. The molecule has 0 spiro atoms. The summed E-state index contributed by atoms with van der Waals surface area (Å²) < 4.78 is 68.4. The molecule has 0 aliphatic rings. The van der Waals surface area contributed by atoms with Crippen LogP contribution in [0.3, 0.4) is 0 Å². The lowest BCUT2D eigenvalue weighted by molar-refractivity contribution is -0.161. The third kappa shape index (κ3) is 67.3. The van der Waals surface area contributed by atoms with Crippen molar-refractivity contribution < 1.29 is 80.2 Å². The Balaban J connectivity index is 5.21. The standard InChI is InChI=1S/C75H146O17P2/c1-9-68(8)54-46-38-29-23-17-12-10-11-13-18-24-30-39-47-55-72(77)85-61-70(91-75(80)58-50-42-32-26-20-22-28-36-44-52-66(4)5)63-89-93(81,82)87-59-69(76)60-88-94(83,84)90-64-71(62-86-73(78)56-48-40-34-33-37-45-53-67(6)7)92-74(79)57-49-41-31-25-19-15-14-16-21-27-35-43-51-65(2)3/h65-71,76H,9-64H2,1-8H3,(H,81,82)(H,83,84)/t68?,69-,70-,71-/m1/s1. The Hall–Kier alpha value is -1.94. The zero-order chi connectivity index (χ0) is 69.6. The second-order valence-corrected chi connectivity index (χ2v) is 31.6. The van der Waals surface area contributed by atoms with Crippen LogP contribution in [0.4, 0.5) is 0 Å². The average molecular weight is 1380 g/mol. The number of phosphoric acid groups is 2. The van der Waals surface area contributed by atoms with Gasteiger partial charge >= 0.3 is 39.5 Å². The van der Waals surface area contributed by atoms with E-state index in [4.69, 9.17) is 37.0 Å². The van der Waals surface area contributed by atoms with Crippen LogP contribution in [0.25, 0.3) is 0 Å². The van der Waals surface area contributed by atoms with Crippen molar-refractivity contribution in [3.05, 3.63) is 0 Å². The van der Waals surface area contributed by atoms with Crippen LogP contribution in [-0.2, 0) is 65.4 Å². The fourth-order valence-electron chi connectivity index (χ4n) is 11.3. The highest BCUT2D eigenvalue weighted by Gasteiger charge is 2.30. The topological polar surface area (TPSA) is 237 Å². The summed E-state index contributed by atoms with van der Waals surface area (Å²) in [5, 5.41) is 10.6. The van der Waals surface area contributed by atoms with Crippen molar-refractivity contribution >= 4 is 39.5 Å². The van der Waals surface area contributed by atoms with Gasteiger partial charge in [0.05, 0.1) is 26.4 Å². The van der Waals surface area contributed by atoms with Crippen molar-refractivity contribution in [1.82, 2.24) is 0 Å². The van der Waals surface area contributed by atoms with Gasteiger partial charge in [-0.05, 0) is 49.4 Å². The molecule has 17 nitrogen and oxygen atoms in total. The van der Waals surface area contributed by atoms with Crippen molar-refractivity contribution in [2.24, 2.45) is 23.7 Å². The smallest absolute Gasteiger partial charge is 0.462 e. The maximum absolute atomic E-state index is 13.1. The Morgan fingerprint density at radius 1 is 0.298 bits per heavy atom. The number of hydrogen-bond acceptors (Lipinski definition) is 15.